The highest BCUT2D eigenvalue weighted by atomic mass is 16.3. The van der Waals surface area contributed by atoms with Crippen molar-refractivity contribution in [1.82, 2.24) is 20.5 Å². The molecule has 0 spiro atoms. The van der Waals surface area contributed by atoms with Gasteiger partial charge in [0.15, 0.2) is 5.78 Å². The molecule has 0 bridgehead atoms. The zero-order valence-corrected chi connectivity index (χ0v) is 19.0. The molecule has 2 aromatic rings. The number of carbonyl (C=O) groups is 4. The van der Waals surface area contributed by atoms with Crippen LogP contribution in [-0.4, -0.2) is 70.3 Å². The van der Waals surface area contributed by atoms with Crippen molar-refractivity contribution >= 4 is 34.4 Å². The molecular weight excluding hydrogens is 436 g/mol. The van der Waals surface area contributed by atoms with Gasteiger partial charge in [-0.15, -0.1) is 0 Å². The Morgan fingerprint density at radius 3 is 2.74 bits per heavy atom. The summed E-state index contributed by atoms with van der Waals surface area (Å²) < 4.78 is 0. The molecule has 4 N–H and O–H groups in total. The number of ketones is 1. The van der Waals surface area contributed by atoms with Crippen molar-refractivity contribution in [2.45, 2.75) is 44.2 Å². The van der Waals surface area contributed by atoms with Crippen molar-refractivity contribution in [2.24, 2.45) is 17.8 Å². The number of benzene rings is 1. The number of carbonyl (C=O) groups excluding carboxylic acids is 4. The maximum Gasteiger partial charge on any atom is 0.271 e. The van der Waals surface area contributed by atoms with Crippen molar-refractivity contribution < 1.29 is 24.3 Å². The van der Waals surface area contributed by atoms with Gasteiger partial charge in [0.1, 0.15) is 18.3 Å². The van der Waals surface area contributed by atoms with Crippen LogP contribution in [0.4, 0.5) is 0 Å². The summed E-state index contributed by atoms with van der Waals surface area (Å²) in [6, 6.07) is 7.79. The molecule has 5 atom stereocenters. The van der Waals surface area contributed by atoms with E-state index in [-0.39, 0.29) is 41.9 Å². The lowest BCUT2D eigenvalue weighted by atomic mass is 9.92. The number of hydrogen-bond acceptors (Lipinski definition) is 5. The molecule has 9 nitrogen and oxygen atoms in total. The van der Waals surface area contributed by atoms with Gasteiger partial charge in [0, 0.05) is 29.9 Å². The molecule has 9 heteroatoms. The van der Waals surface area contributed by atoms with Gasteiger partial charge < -0.3 is 25.6 Å². The van der Waals surface area contributed by atoms with Crippen molar-refractivity contribution in [3.8, 4) is 0 Å². The summed E-state index contributed by atoms with van der Waals surface area (Å²) in [5, 5.41) is 15.9. The Hall–Kier alpha value is -3.20. The van der Waals surface area contributed by atoms with Crippen LogP contribution in [0.5, 0.6) is 0 Å². The van der Waals surface area contributed by atoms with Crippen molar-refractivity contribution in [1.29, 1.82) is 0 Å². The van der Waals surface area contributed by atoms with Crippen LogP contribution < -0.4 is 10.6 Å². The number of para-hydroxylation sites is 1. The fourth-order valence-electron chi connectivity index (χ4n) is 5.99. The van der Waals surface area contributed by atoms with Crippen molar-refractivity contribution in [3.63, 3.8) is 0 Å². The summed E-state index contributed by atoms with van der Waals surface area (Å²) in [5.41, 5.74) is 1.29. The van der Waals surface area contributed by atoms with Gasteiger partial charge in [-0.3, -0.25) is 19.2 Å². The summed E-state index contributed by atoms with van der Waals surface area (Å²) in [5.74, 6) is -1.38. The number of fused-ring (bicyclic) bond motifs is 2. The van der Waals surface area contributed by atoms with Crippen LogP contribution in [0.25, 0.3) is 10.9 Å². The number of aromatic nitrogens is 1. The Morgan fingerprint density at radius 1 is 1.18 bits per heavy atom. The molecular formula is C25H30N4O5. The minimum absolute atomic E-state index is 0.0352. The van der Waals surface area contributed by atoms with Gasteiger partial charge in [-0.05, 0) is 49.7 Å². The predicted molar refractivity (Wildman–Crippen MR) is 124 cm³/mol. The van der Waals surface area contributed by atoms with E-state index in [0.717, 1.165) is 30.2 Å². The predicted octanol–water partition coefficient (Wildman–Crippen LogP) is 0.981. The molecule has 2 saturated heterocycles. The highest BCUT2D eigenvalue weighted by Crippen LogP contribution is 2.43. The quantitative estimate of drug-likeness (QED) is 0.483. The van der Waals surface area contributed by atoms with E-state index in [0.29, 0.717) is 25.2 Å². The molecule has 3 heterocycles. The summed E-state index contributed by atoms with van der Waals surface area (Å²) in [6.45, 7) is 0.324. The number of aliphatic hydroxyl groups is 1. The number of H-pyrrole nitrogens is 1. The molecule has 1 saturated carbocycles. The van der Waals surface area contributed by atoms with Gasteiger partial charge in [0.2, 0.25) is 11.8 Å². The number of hydrogen-bond donors (Lipinski definition) is 4. The first-order valence-corrected chi connectivity index (χ1v) is 12.1. The summed E-state index contributed by atoms with van der Waals surface area (Å²) >= 11 is 0. The topological polar surface area (TPSA) is 132 Å². The smallest absolute Gasteiger partial charge is 0.271 e. The molecule has 2 aliphatic heterocycles. The third-order valence-corrected chi connectivity index (χ3v) is 7.72. The molecule has 5 rings (SSSR count). The van der Waals surface area contributed by atoms with Crippen LogP contribution in [0.15, 0.2) is 30.3 Å². The highest BCUT2D eigenvalue weighted by molar-refractivity contribution is 6.01. The minimum Gasteiger partial charge on any atom is -0.389 e. The average molecular weight is 467 g/mol. The SMILES string of the molecule is O=C1NCCC1CC(NC(=O)C1[C@@H]2CCC[C@@H]2CN1C(=O)c1cc2ccccc2[nH]1)C(=O)CO. The molecule has 180 valence electrons. The van der Waals surface area contributed by atoms with Crippen LogP contribution in [0.3, 0.4) is 0 Å². The lowest BCUT2D eigenvalue weighted by molar-refractivity contribution is -0.133. The highest BCUT2D eigenvalue weighted by Gasteiger charge is 2.50. The van der Waals surface area contributed by atoms with E-state index >= 15 is 0 Å². The molecule has 3 amide bonds. The van der Waals surface area contributed by atoms with Crippen LogP contribution in [0.1, 0.15) is 42.6 Å². The largest absolute Gasteiger partial charge is 0.389 e. The third-order valence-electron chi connectivity index (χ3n) is 7.72. The first-order valence-electron chi connectivity index (χ1n) is 12.1. The third kappa shape index (κ3) is 4.09. The summed E-state index contributed by atoms with van der Waals surface area (Å²) in [6.07, 6.45) is 3.56. The number of amides is 3. The van der Waals surface area contributed by atoms with E-state index in [9.17, 15) is 24.3 Å². The molecule has 0 radical (unpaired) electrons. The summed E-state index contributed by atoms with van der Waals surface area (Å²) in [7, 11) is 0. The van der Waals surface area contributed by atoms with Crippen LogP contribution in [0, 0.1) is 17.8 Å². The van der Waals surface area contributed by atoms with Gasteiger partial charge in [0.05, 0.1) is 6.04 Å². The number of nitrogens with zero attached hydrogens (tertiary/aromatic N) is 1. The Labute approximate surface area is 197 Å². The molecule has 1 aromatic heterocycles. The maximum atomic E-state index is 13.5. The van der Waals surface area contributed by atoms with E-state index in [2.05, 4.69) is 15.6 Å². The summed E-state index contributed by atoms with van der Waals surface area (Å²) in [4.78, 5) is 56.3. The number of aliphatic hydroxyl groups excluding tert-OH is 1. The number of Topliss-reactive ketones (excluding diaryl/α,β-unsaturated/α-hetero) is 1. The van der Waals surface area contributed by atoms with E-state index in [4.69, 9.17) is 0 Å². The van der Waals surface area contributed by atoms with Gasteiger partial charge in [0.25, 0.3) is 5.91 Å². The fraction of sp³-hybridized carbons (Fsp3) is 0.520. The molecule has 3 fully saturated rings. The zero-order valence-electron chi connectivity index (χ0n) is 19.0. The molecule has 1 aliphatic carbocycles. The van der Waals surface area contributed by atoms with E-state index in [1.807, 2.05) is 24.3 Å². The second-order valence-corrected chi connectivity index (χ2v) is 9.73. The van der Waals surface area contributed by atoms with Gasteiger partial charge in [-0.2, -0.15) is 0 Å². The van der Waals surface area contributed by atoms with Crippen molar-refractivity contribution in [3.05, 3.63) is 36.0 Å². The Bertz CT molecular complexity index is 1090. The molecule has 34 heavy (non-hydrogen) atoms. The minimum atomic E-state index is -0.961. The molecule has 3 unspecified atom stereocenters. The molecule has 1 aromatic carbocycles. The first kappa shape index (κ1) is 22.6. The van der Waals surface area contributed by atoms with Gasteiger partial charge >= 0.3 is 0 Å². The number of likely N-dealkylation sites (tertiary alicyclic amines) is 1. The van der Waals surface area contributed by atoms with Crippen molar-refractivity contribution in [2.75, 3.05) is 19.7 Å². The standard InChI is InChI=1S/C25H30N4O5/c30-13-21(31)19(11-15-8-9-26-23(15)32)28-24(33)22-17-6-3-5-16(17)12-29(22)25(34)20-10-14-4-1-2-7-18(14)27-20/h1-2,4,7,10,15-17,19,22,27,30H,3,5-6,8-9,11-13H2,(H,26,32)(H,28,33)/t15?,16-,17-,19?,22?/m1/s1. The Balaban J connectivity index is 1.38. The fourth-order valence-corrected chi connectivity index (χ4v) is 5.99. The van der Waals surface area contributed by atoms with Crippen LogP contribution >= 0.6 is 0 Å². The first-order chi connectivity index (χ1) is 16.5. The molecule has 3 aliphatic rings. The van der Waals surface area contributed by atoms with E-state index in [1.165, 1.54) is 0 Å². The van der Waals surface area contributed by atoms with Gasteiger partial charge in [-0.25, -0.2) is 0 Å². The number of rotatable bonds is 7. The number of nitrogens with one attached hydrogen (secondary N) is 3. The maximum absolute atomic E-state index is 13.5. The monoisotopic (exact) mass is 466 g/mol. The Kier molecular flexibility index (Phi) is 6.12. The second kappa shape index (κ2) is 9.21. The number of aromatic amines is 1. The normalized spacial score (nSPS) is 27.0. The van der Waals surface area contributed by atoms with E-state index < -0.39 is 24.5 Å². The average Bonchev–Trinajstić information content (AvgIpc) is 3.61. The van der Waals surface area contributed by atoms with Crippen LogP contribution in [0.2, 0.25) is 0 Å². The Morgan fingerprint density at radius 2 is 2.00 bits per heavy atom. The van der Waals surface area contributed by atoms with Crippen LogP contribution in [-0.2, 0) is 14.4 Å². The van der Waals surface area contributed by atoms with E-state index in [1.54, 1.807) is 11.0 Å². The lowest BCUT2D eigenvalue weighted by Crippen LogP contribution is -2.53. The lowest BCUT2D eigenvalue weighted by Gasteiger charge is -2.29. The zero-order chi connectivity index (χ0) is 23.8. The van der Waals surface area contributed by atoms with Gasteiger partial charge in [-0.1, -0.05) is 24.6 Å². The second-order valence-electron chi connectivity index (χ2n) is 9.73.